The van der Waals surface area contributed by atoms with Crippen LogP contribution in [0.25, 0.3) is 0 Å². The SMILES string of the molecule is O=c1cc(C2CCCC2)nc(CSc2ccccc2)[nH]1. The van der Waals surface area contributed by atoms with Crippen LogP contribution in [0.4, 0.5) is 0 Å². The van der Waals surface area contributed by atoms with E-state index in [0.29, 0.717) is 11.7 Å². The van der Waals surface area contributed by atoms with Crippen molar-refractivity contribution in [1.82, 2.24) is 9.97 Å². The van der Waals surface area contributed by atoms with Gasteiger partial charge in [0.1, 0.15) is 5.82 Å². The van der Waals surface area contributed by atoms with Gasteiger partial charge in [-0.05, 0) is 25.0 Å². The molecule has 20 heavy (non-hydrogen) atoms. The van der Waals surface area contributed by atoms with E-state index in [1.807, 2.05) is 18.2 Å². The van der Waals surface area contributed by atoms with E-state index in [0.717, 1.165) is 11.5 Å². The van der Waals surface area contributed by atoms with E-state index in [1.165, 1.54) is 30.6 Å². The minimum atomic E-state index is -0.0226. The lowest BCUT2D eigenvalue weighted by atomic mass is 10.0. The number of rotatable bonds is 4. The molecule has 0 atom stereocenters. The molecular formula is C16H18N2OS. The first-order valence-corrected chi connectivity index (χ1v) is 8.08. The largest absolute Gasteiger partial charge is 0.310 e. The quantitative estimate of drug-likeness (QED) is 0.871. The fraction of sp³-hybridized carbons (Fsp3) is 0.375. The van der Waals surface area contributed by atoms with E-state index in [9.17, 15) is 4.79 Å². The van der Waals surface area contributed by atoms with E-state index >= 15 is 0 Å². The zero-order chi connectivity index (χ0) is 13.8. The molecule has 0 spiro atoms. The smallest absolute Gasteiger partial charge is 0.251 e. The number of benzene rings is 1. The van der Waals surface area contributed by atoms with Crippen molar-refractivity contribution in [3.05, 3.63) is 58.3 Å². The molecule has 3 rings (SSSR count). The lowest BCUT2D eigenvalue weighted by molar-refractivity contribution is 0.685. The Morgan fingerprint density at radius 3 is 2.70 bits per heavy atom. The Hall–Kier alpha value is -1.55. The molecule has 4 heteroatoms. The second kappa shape index (κ2) is 6.27. The van der Waals surface area contributed by atoms with E-state index in [-0.39, 0.29) is 5.56 Å². The lowest BCUT2D eigenvalue weighted by Gasteiger charge is -2.09. The van der Waals surface area contributed by atoms with Crippen molar-refractivity contribution in [3.63, 3.8) is 0 Å². The van der Waals surface area contributed by atoms with Crippen LogP contribution in [0.3, 0.4) is 0 Å². The van der Waals surface area contributed by atoms with Crippen LogP contribution in [0.15, 0.2) is 46.1 Å². The topological polar surface area (TPSA) is 45.8 Å². The second-order valence-electron chi connectivity index (χ2n) is 5.20. The summed E-state index contributed by atoms with van der Waals surface area (Å²) < 4.78 is 0. The summed E-state index contributed by atoms with van der Waals surface area (Å²) in [7, 11) is 0. The van der Waals surface area contributed by atoms with Crippen molar-refractivity contribution in [2.45, 2.75) is 42.2 Å². The Kier molecular flexibility index (Phi) is 4.21. The monoisotopic (exact) mass is 286 g/mol. The number of nitrogens with one attached hydrogen (secondary N) is 1. The fourth-order valence-electron chi connectivity index (χ4n) is 2.70. The molecule has 1 aromatic carbocycles. The highest BCUT2D eigenvalue weighted by molar-refractivity contribution is 7.98. The van der Waals surface area contributed by atoms with E-state index in [1.54, 1.807) is 17.8 Å². The molecule has 0 radical (unpaired) electrons. The number of hydrogen-bond acceptors (Lipinski definition) is 3. The third-order valence-corrected chi connectivity index (χ3v) is 4.73. The highest BCUT2D eigenvalue weighted by atomic mass is 32.2. The van der Waals surface area contributed by atoms with Crippen molar-refractivity contribution in [2.75, 3.05) is 0 Å². The molecule has 0 aliphatic heterocycles. The maximum absolute atomic E-state index is 11.8. The Labute approximate surface area is 122 Å². The predicted octanol–water partition coefficient (Wildman–Crippen LogP) is 3.72. The van der Waals surface area contributed by atoms with Crippen molar-refractivity contribution in [3.8, 4) is 0 Å². The Bertz CT molecular complexity index is 618. The number of aromatic amines is 1. The number of H-pyrrole nitrogens is 1. The van der Waals surface area contributed by atoms with Gasteiger partial charge >= 0.3 is 0 Å². The zero-order valence-corrected chi connectivity index (χ0v) is 12.2. The minimum Gasteiger partial charge on any atom is -0.310 e. The van der Waals surface area contributed by atoms with Crippen molar-refractivity contribution >= 4 is 11.8 Å². The van der Waals surface area contributed by atoms with Gasteiger partial charge in [-0.2, -0.15) is 0 Å². The first-order valence-electron chi connectivity index (χ1n) is 7.09. The molecule has 1 N–H and O–H groups in total. The molecule has 0 amide bonds. The molecule has 2 aromatic rings. The molecule has 0 unspecified atom stereocenters. The number of aromatic nitrogens is 2. The van der Waals surface area contributed by atoms with Crippen LogP contribution in [0, 0.1) is 0 Å². The van der Waals surface area contributed by atoms with Crippen LogP contribution in [0.5, 0.6) is 0 Å². The summed E-state index contributed by atoms with van der Waals surface area (Å²) >= 11 is 1.70. The first kappa shape index (κ1) is 13.4. The van der Waals surface area contributed by atoms with Crippen LogP contribution in [0.1, 0.15) is 43.1 Å². The molecule has 1 aromatic heterocycles. The van der Waals surface area contributed by atoms with Crippen LogP contribution >= 0.6 is 11.8 Å². The Morgan fingerprint density at radius 2 is 1.95 bits per heavy atom. The summed E-state index contributed by atoms with van der Waals surface area (Å²) in [6.45, 7) is 0. The summed E-state index contributed by atoms with van der Waals surface area (Å²) in [6, 6.07) is 11.9. The fourth-order valence-corrected chi connectivity index (χ4v) is 3.49. The molecule has 1 fully saturated rings. The highest BCUT2D eigenvalue weighted by Crippen LogP contribution is 2.32. The predicted molar refractivity (Wildman–Crippen MR) is 82.1 cm³/mol. The van der Waals surface area contributed by atoms with Crippen LogP contribution < -0.4 is 5.56 Å². The van der Waals surface area contributed by atoms with Gasteiger partial charge in [0.15, 0.2) is 0 Å². The molecule has 3 nitrogen and oxygen atoms in total. The van der Waals surface area contributed by atoms with Crippen molar-refractivity contribution in [2.24, 2.45) is 0 Å². The van der Waals surface area contributed by atoms with Crippen molar-refractivity contribution < 1.29 is 0 Å². The summed E-state index contributed by atoms with van der Waals surface area (Å²) in [5, 5.41) is 0. The van der Waals surface area contributed by atoms with Crippen LogP contribution in [-0.4, -0.2) is 9.97 Å². The van der Waals surface area contributed by atoms with Gasteiger partial charge < -0.3 is 4.98 Å². The zero-order valence-electron chi connectivity index (χ0n) is 11.3. The van der Waals surface area contributed by atoms with E-state index < -0.39 is 0 Å². The van der Waals surface area contributed by atoms with Gasteiger partial charge in [-0.15, -0.1) is 11.8 Å². The summed E-state index contributed by atoms with van der Waals surface area (Å²) in [5.41, 5.74) is 0.959. The molecule has 1 aliphatic carbocycles. The van der Waals surface area contributed by atoms with Gasteiger partial charge in [0.2, 0.25) is 0 Å². The van der Waals surface area contributed by atoms with Crippen LogP contribution in [0.2, 0.25) is 0 Å². The highest BCUT2D eigenvalue weighted by Gasteiger charge is 2.19. The van der Waals surface area contributed by atoms with Gasteiger partial charge in [-0.1, -0.05) is 31.0 Å². The number of thioether (sulfide) groups is 1. The molecular weight excluding hydrogens is 268 g/mol. The van der Waals surface area contributed by atoms with Crippen LogP contribution in [-0.2, 0) is 5.75 Å². The number of nitrogens with zero attached hydrogens (tertiary/aromatic N) is 1. The van der Waals surface area contributed by atoms with Gasteiger partial charge in [0, 0.05) is 16.9 Å². The molecule has 104 valence electrons. The molecule has 0 saturated heterocycles. The summed E-state index contributed by atoms with van der Waals surface area (Å²) in [6.07, 6.45) is 4.85. The van der Waals surface area contributed by atoms with Gasteiger partial charge in [-0.3, -0.25) is 4.79 Å². The molecule has 1 saturated carbocycles. The van der Waals surface area contributed by atoms with Gasteiger partial charge in [-0.25, -0.2) is 4.98 Å². The van der Waals surface area contributed by atoms with Crippen molar-refractivity contribution in [1.29, 1.82) is 0 Å². The second-order valence-corrected chi connectivity index (χ2v) is 6.25. The molecule has 1 aliphatic rings. The third kappa shape index (κ3) is 3.31. The summed E-state index contributed by atoms with van der Waals surface area (Å²) in [5.74, 6) is 1.98. The molecule has 1 heterocycles. The lowest BCUT2D eigenvalue weighted by Crippen LogP contribution is -2.13. The Balaban J connectivity index is 1.74. The standard InChI is InChI=1S/C16H18N2OS/c19-16-10-14(12-6-4-5-7-12)17-15(18-16)11-20-13-8-2-1-3-9-13/h1-3,8-10,12H,4-7,11H2,(H,17,18,19). The van der Waals surface area contributed by atoms with E-state index in [2.05, 4.69) is 22.1 Å². The van der Waals surface area contributed by atoms with E-state index in [4.69, 9.17) is 0 Å². The third-order valence-electron chi connectivity index (χ3n) is 3.70. The number of hydrogen-bond donors (Lipinski definition) is 1. The average Bonchev–Trinajstić information content (AvgIpc) is 3.00. The first-order chi connectivity index (χ1) is 9.81. The Morgan fingerprint density at radius 1 is 1.20 bits per heavy atom. The normalized spacial score (nSPS) is 15.6. The maximum atomic E-state index is 11.8. The average molecular weight is 286 g/mol. The minimum absolute atomic E-state index is 0.0226. The van der Waals surface area contributed by atoms with Gasteiger partial charge in [0.25, 0.3) is 5.56 Å². The van der Waals surface area contributed by atoms with Gasteiger partial charge in [0.05, 0.1) is 11.4 Å². The molecule has 0 bridgehead atoms. The summed E-state index contributed by atoms with van der Waals surface area (Å²) in [4.78, 5) is 20.5. The maximum Gasteiger partial charge on any atom is 0.251 e.